The normalized spacial score (nSPS) is 17.2. The molecule has 1 amide bonds. The van der Waals surface area contributed by atoms with Gasteiger partial charge in [-0.1, -0.05) is 11.6 Å². The molecule has 23 heavy (non-hydrogen) atoms. The number of nitrogen functional groups attached to an aromatic ring is 1. The Morgan fingerprint density at radius 3 is 2.78 bits per heavy atom. The molecule has 0 radical (unpaired) electrons. The number of carbonyl (C=O) groups is 1. The molecule has 0 spiro atoms. The molecule has 3 rings (SSSR count). The highest BCUT2D eigenvalue weighted by Crippen LogP contribution is 2.43. The number of hydrogen-bond donors (Lipinski definition) is 2. The number of nitrogens with one attached hydrogen (secondary N) is 1. The van der Waals surface area contributed by atoms with Crippen LogP contribution in [0.3, 0.4) is 0 Å². The first-order valence-corrected chi connectivity index (χ1v) is 8.16. The van der Waals surface area contributed by atoms with E-state index in [2.05, 4.69) is 10.3 Å². The number of hydrogen-bond acceptors (Lipinski definition) is 6. The van der Waals surface area contributed by atoms with Crippen molar-refractivity contribution in [2.75, 3.05) is 20.0 Å². The van der Waals surface area contributed by atoms with E-state index < -0.39 is 0 Å². The second-order valence-electron chi connectivity index (χ2n) is 5.13. The molecule has 0 saturated heterocycles. The molecule has 8 heteroatoms. The maximum atomic E-state index is 12.1. The van der Waals surface area contributed by atoms with E-state index in [1.165, 1.54) is 11.3 Å². The lowest BCUT2D eigenvalue weighted by Crippen LogP contribution is -2.21. The molecule has 1 aliphatic rings. The zero-order valence-corrected chi connectivity index (χ0v) is 14.3. The van der Waals surface area contributed by atoms with Gasteiger partial charge in [0.2, 0.25) is 5.91 Å². The van der Waals surface area contributed by atoms with Crippen molar-refractivity contribution in [1.29, 1.82) is 0 Å². The molecule has 1 aromatic heterocycles. The standard InChI is InChI=1S/C15H16ClN3O3S/c1-21-11-5-12(22-2)9(16)3-7(11)8-4-13(20)18-6-10-14(8)23-15(17)19-10/h3,5,8H,4,6H2,1-2H3,(H2,17,19)(H,18,20). The number of fused-ring (bicyclic) bond motifs is 1. The number of aromatic nitrogens is 1. The van der Waals surface area contributed by atoms with Crippen molar-refractivity contribution in [1.82, 2.24) is 10.3 Å². The van der Waals surface area contributed by atoms with Crippen molar-refractivity contribution in [2.24, 2.45) is 0 Å². The molecule has 1 atom stereocenters. The molecular weight excluding hydrogens is 338 g/mol. The van der Waals surface area contributed by atoms with Crippen molar-refractivity contribution >= 4 is 34.0 Å². The number of amides is 1. The van der Waals surface area contributed by atoms with Crippen LogP contribution in [0.15, 0.2) is 12.1 Å². The first-order chi connectivity index (χ1) is 11.0. The van der Waals surface area contributed by atoms with Gasteiger partial charge in [-0.15, -0.1) is 11.3 Å². The topological polar surface area (TPSA) is 86.5 Å². The van der Waals surface area contributed by atoms with Crippen LogP contribution in [0.25, 0.3) is 0 Å². The molecule has 122 valence electrons. The fourth-order valence-electron chi connectivity index (χ4n) is 2.72. The summed E-state index contributed by atoms with van der Waals surface area (Å²) in [6, 6.07) is 3.51. The third-order valence-corrected chi connectivity index (χ3v) is 5.12. The highest BCUT2D eigenvalue weighted by atomic mass is 35.5. The highest BCUT2D eigenvalue weighted by Gasteiger charge is 2.30. The largest absolute Gasteiger partial charge is 0.496 e. The number of nitrogens with zero attached hydrogens (tertiary/aromatic N) is 1. The first-order valence-electron chi connectivity index (χ1n) is 6.96. The molecule has 0 aliphatic carbocycles. The van der Waals surface area contributed by atoms with Crippen LogP contribution in [0.1, 0.15) is 28.5 Å². The van der Waals surface area contributed by atoms with Crippen LogP contribution in [0, 0.1) is 0 Å². The van der Waals surface area contributed by atoms with Gasteiger partial charge < -0.3 is 20.5 Å². The number of ether oxygens (including phenoxy) is 2. The predicted molar refractivity (Wildman–Crippen MR) is 89.4 cm³/mol. The average Bonchev–Trinajstić information content (AvgIpc) is 2.84. The summed E-state index contributed by atoms with van der Waals surface area (Å²) in [4.78, 5) is 17.3. The van der Waals surface area contributed by atoms with Gasteiger partial charge in [-0.3, -0.25) is 4.79 Å². The number of anilines is 1. The zero-order valence-electron chi connectivity index (χ0n) is 12.7. The van der Waals surface area contributed by atoms with Gasteiger partial charge in [0.1, 0.15) is 11.5 Å². The zero-order chi connectivity index (χ0) is 16.6. The number of benzene rings is 1. The Morgan fingerprint density at radius 2 is 2.09 bits per heavy atom. The van der Waals surface area contributed by atoms with Crippen molar-refractivity contribution in [3.8, 4) is 11.5 Å². The van der Waals surface area contributed by atoms with Crippen molar-refractivity contribution in [2.45, 2.75) is 18.9 Å². The fourth-order valence-corrected chi connectivity index (χ4v) is 3.94. The fraction of sp³-hybridized carbons (Fsp3) is 0.333. The highest BCUT2D eigenvalue weighted by molar-refractivity contribution is 7.15. The number of halogens is 1. The minimum atomic E-state index is -0.208. The van der Waals surface area contributed by atoms with Crippen LogP contribution >= 0.6 is 22.9 Å². The second-order valence-corrected chi connectivity index (χ2v) is 6.59. The molecule has 1 aromatic carbocycles. The van der Waals surface area contributed by atoms with Crippen LogP contribution in [0.4, 0.5) is 5.13 Å². The number of methoxy groups -OCH3 is 2. The van der Waals surface area contributed by atoms with Crippen LogP contribution in [0.2, 0.25) is 5.02 Å². The third-order valence-electron chi connectivity index (χ3n) is 3.78. The Morgan fingerprint density at radius 1 is 1.35 bits per heavy atom. The molecule has 1 unspecified atom stereocenters. The van der Waals surface area contributed by atoms with Crippen LogP contribution in [-0.4, -0.2) is 25.1 Å². The smallest absolute Gasteiger partial charge is 0.221 e. The maximum Gasteiger partial charge on any atom is 0.221 e. The van der Waals surface area contributed by atoms with E-state index >= 15 is 0 Å². The van der Waals surface area contributed by atoms with E-state index in [1.54, 1.807) is 26.4 Å². The van der Waals surface area contributed by atoms with Crippen molar-refractivity contribution < 1.29 is 14.3 Å². The Bertz CT molecular complexity index is 763. The minimum Gasteiger partial charge on any atom is -0.496 e. The quantitative estimate of drug-likeness (QED) is 0.885. The Hall–Kier alpha value is -1.99. The van der Waals surface area contributed by atoms with Crippen LogP contribution in [-0.2, 0) is 11.3 Å². The minimum absolute atomic E-state index is 0.0484. The number of carbonyl (C=O) groups excluding carboxylic acids is 1. The SMILES string of the molecule is COc1cc(OC)c(C2CC(=O)NCc3nc(N)sc32)cc1Cl. The van der Waals surface area contributed by atoms with Crippen LogP contribution in [0.5, 0.6) is 11.5 Å². The molecule has 6 nitrogen and oxygen atoms in total. The van der Waals surface area contributed by atoms with Gasteiger partial charge in [-0.2, -0.15) is 0 Å². The van der Waals surface area contributed by atoms with Gasteiger partial charge in [0.05, 0.1) is 31.5 Å². The second kappa shape index (κ2) is 6.25. The molecule has 2 aromatic rings. The third kappa shape index (κ3) is 2.94. The maximum absolute atomic E-state index is 12.1. The lowest BCUT2D eigenvalue weighted by molar-refractivity contribution is -0.121. The molecule has 2 heterocycles. The van der Waals surface area contributed by atoms with Gasteiger partial charge in [0, 0.05) is 28.8 Å². The van der Waals surface area contributed by atoms with E-state index in [0.717, 1.165) is 16.1 Å². The summed E-state index contributed by atoms with van der Waals surface area (Å²) >= 11 is 7.66. The Balaban J connectivity index is 2.15. The van der Waals surface area contributed by atoms with E-state index in [4.69, 9.17) is 26.8 Å². The Kier molecular flexibility index (Phi) is 4.32. The first kappa shape index (κ1) is 15.9. The summed E-state index contributed by atoms with van der Waals surface area (Å²) in [5, 5.41) is 3.79. The molecule has 3 N–H and O–H groups in total. The molecule has 0 bridgehead atoms. The summed E-state index contributed by atoms with van der Waals surface area (Å²) < 4.78 is 10.7. The van der Waals surface area contributed by atoms with Gasteiger partial charge in [-0.05, 0) is 6.07 Å². The lowest BCUT2D eigenvalue weighted by atomic mass is 9.92. The van der Waals surface area contributed by atoms with E-state index in [-0.39, 0.29) is 18.2 Å². The van der Waals surface area contributed by atoms with Gasteiger partial charge >= 0.3 is 0 Å². The van der Waals surface area contributed by atoms with Gasteiger partial charge in [-0.25, -0.2) is 4.98 Å². The number of nitrogens with two attached hydrogens (primary N) is 1. The van der Waals surface area contributed by atoms with Crippen molar-refractivity contribution in [3.05, 3.63) is 33.3 Å². The summed E-state index contributed by atoms with van der Waals surface area (Å²) in [5.41, 5.74) is 7.46. The van der Waals surface area contributed by atoms with Crippen LogP contribution < -0.4 is 20.5 Å². The van der Waals surface area contributed by atoms with Gasteiger partial charge in [0.15, 0.2) is 5.13 Å². The van der Waals surface area contributed by atoms with E-state index in [0.29, 0.717) is 28.2 Å². The number of rotatable bonds is 3. The monoisotopic (exact) mass is 353 g/mol. The average molecular weight is 354 g/mol. The van der Waals surface area contributed by atoms with E-state index in [1.807, 2.05) is 0 Å². The van der Waals surface area contributed by atoms with Gasteiger partial charge in [0.25, 0.3) is 0 Å². The summed E-state index contributed by atoms with van der Waals surface area (Å²) in [7, 11) is 3.12. The molecule has 0 fully saturated rings. The summed E-state index contributed by atoms with van der Waals surface area (Å²) in [5.74, 6) is 0.881. The lowest BCUT2D eigenvalue weighted by Gasteiger charge is -2.18. The summed E-state index contributed by atoms with van der Waals surface area (Å²) in [6.07, 6.45) is 0.285. The Labute approximate surface area is 142 Å². The predicted octanol–water partition coefficient (Wildman–Crippen LogP) is 2.55. The molecular formula is C15H16ClN3O3S. The summed E-state index contributed by atoms with van der Waals surface area (Å²) in [6.45, 7) is 0.380. The molecule has 1 aliphatic heterocycles. The van der Waals surface area contributed by atoms with E-state index in [9.17, 15) is 4.79 Å². The number of thiazole rings is 1. The van der Waals surface area contributed by atoms with Crippen molar-refractivity contribution in [3.63, 3.8) is 0 Å². The molecule has 0 saturated carbocycles.